The van der Waals surface area contributed by atoms with Gasteiger partial charge >= 0.3 is 0 Å². The van der Waals surface area contributed by atoms with Gasteiger partial charge in [0.15, 0.2) is 0 Å². The first-order chi connectivity index (χ1) is 9.45. The maximum Gasteiger partial charge on any atom is 0.143 e. The first-order valence-electron chi connectivity index (χ1n) is 6.22. The predicted octanol–water partition coefficient (Wildman–Crippen LogP) is 4.30. The number of benzene rings is 2. The van der Waals surface area contributed by atoms with E-state index < -0.39 is 11.9 Å². The highest BCUT2D eigenvalue weighted by Crippen LogP contribution is 2.32. The van der Waals surface area contributed by atoms with Gasteiger partial charge in [0.2, 0.25) is 0 Å². The van der Waals surface area contributed by atoms with Crippen molar-refractivity contribution in [3.63, 3.8) is 0 Å². The van der Waals surface area contributed by atoms with Gasteiger partial charge in [0.05, 0.1) is 11.6 Å². The summed E-state index contributed by atoms with van der Waals surface area (Å²) in [6.07, 6.45) is -1.00. The Hall–Kier alpha value is -1.39. The quantitative estimate of drug-likeness (QED) is 0.904. The second-order valence-electron chi connectivity index (χ2n) is 4.72. The smallest absolute Gasteiger partial charge is 0.143 e. The molecule has 0 aromatic heterocycles. The Morgan fingerprint density at radius 2 is 1.85 bits per heavy atom. The van der Waals surface area contributed by atoms with Crippen molar-refractivity contribution < 1.29 is 14.2 Å². The Labute approximate surface area is 126 Å². The lowest BCUT2D eigenvalue weighted by molar-refractivity contribution is 0.214. The van der Waals surface area contributed by atoms with E-state index in [1.54, 1.807) is 25.3 Å². The lowest BCUT2D eigenvalue weighted by atomic mass is 9.95. The van der Waals surface area contributed by atoms with Crippen LogP contribution in [-0.2, 0) is 0 Å². The lowest BCUT2D eigenvalue weighted by Crippen LogP contribution is -2.06. The summed E-state index contributed by atoms with van der Waals surface area (Å²) < 4.78 is 19.7. The third kappa shape index (κ3) is 2.72. The second kappa shape index (κ2) is 5.94. The maximum atomic E-state index is 14.1. The molecule has 2 rings (SSSR count). The van der Waals surface area contributed by atoms with Crippen molar-refractivity contribution >= 4 is 15.9 Å². The third-order valence-electron chi connectivity index (χ3n) is 3.35. The van der Waals surface area contributed by atoms with Crippen molar-refractivity contribution in [2.75, 3.05) is 7.11 Å². The fraction of sp³-hybridized carbons (Fsp3) is 0.250. The van der Waals surface area contributed by atoms with Crippen LogP contribution in [0.15, 0.2) is 34.8 Å². The highest BCUT2D eigenvalue weighted by atomic mass is 79.9. The average molecular weight is 339 g/mol. The van der Waals surface area contributed by atoms with E-state index in [1.807, 2.05) is 26.0 Å². The van der Waals surface area contributed by atoms with Crippen LogP contribution in [0.3, 0.4) is 0 Å². The second-order valence-corrected chi connectivity index (χ2v) is 5.58. The van der Waals surface area contributed by atoms with E-state index in [-0.39, 0.29) is 5.56 Å². The predicted molar refractivity (Wildman–Crippen MR) is 80.6 cm³/mol. The van der Waals surface area contributed by atoms with E-state index in [9.17, 15) is 9.50 Å². The van der Waals surface area contributed by atoms with Crippen LogP contribution in [0, 0.1) is 19.7 Å². The van der Waals surface area contributed by atoms with Crippen LogP contribution in [0.25, 0.3) is 0 Å². The van der Waals surface area contributed by atoms with Crippen LogP contribution in [0.1, 0.15) is 28.4 Å². The Morgan fingerprint density at radius 3 is 2.50 bits per heavy atom. The van der Waals surface area contributed by atoms with E-state index in [0.717, 1.165) is 16.9 Å². The first-order valence-corrected chi connectivity index (χ1v) is 7.02. The summed E-state index contributed by atoms with van der Waals surface area (Å²) in [5.74, 6) is 0.320. The molecule has 0 heterocycles. The van der Waals surface area contributed by atoms with E-state index in [0.29, 0.717) is 10.0 Å². The highest BCUT2D eigenvalue weighted by molar-refractivity contribution is 9.10. The van der Waals surface area contributed by atoms with Gasteiger partial charge in [-0.2, -0.15) is 0 Å². The number of aliphatic hydroxyl groups excluding tert-OH is 1. The zero-order chi connectivity index (χ0) is 14.9. The molecule has 0 aliphatic rings. The van der Waals surface area contributed by atoms with Crippen LogP contribution in [-0.4, -0.2) is 12.2 Å². The molecule has 2 aromatic carbocycles. The summed E-state index contributed by atoms with van der Waals surface area (Å²) in [5.41, 5.74) is 2.70. The minimum absolute atomic E-state index is 0.257. The van der Waals surface area contributed by atoms with Crippen LogP contribution in [0.5, 0.6) is 5.75 Å². The van der Waals surface area contributed by atoms with Crippen LogP contribution >= 0.6 is 15.9 Å². The molecule has 0 aliphatic carbocycles. The van der Waals surface area contributed by atoms with Crippen LogP contribution in [0.4, 0.5) is 4.39 Å². The topological polar surface area (TPSA) is 29.5 Å². The van der Waals surface area contributed by atoms with Gasteiger partial charge in [-0.3, -0.25) is 0 Å². The summed E-state index contributed by atoms with van der Waals surface area (Å²) in [5, 5.41) is 10.5. The molecule has 0 fully saturated rings. The average Bonchev–Trinajstić information content (AvgIpc) is 2.43. The number of aryl methyl sites for hydroxylation is 2. The lowest BCUT2D eigenvalue weighted by Gasteiger charge is -2.17. The van der Waals surface area contributed by atoms with Crippen molar-refractivity contribution in [1.29, 1.82) is 0 Å². The molecule has 0 aliphatic heterocycles. The zero-order valence-corrected chi connectivity index (χ0v) is 13.2. The number of halogens is 2. The number of hydrogen-bond acceptors (Lipinski definition) is 2. The molecular formula is C16H16BrFO2. The molecule has 0 bridgehead atoms. The summed E-state index contributed by atoms with van der Waals surface area (Å²) in [6.45, 7) is 3.77. The summed E-state index contributed by atoms with van der Waals surface area (Å²) >= 11 is 3.14. The fourth-order valence-electron chi connectivity index (χ4n) is 2.23. The van der Waals surface area contributed by atoms with Crippen molar-refractivity contribution in [3.8, 4) is 5.75 Å². The number of hydrogen-bond donors (Lipinski definition) is 1. The van der Waals surface area contributed by atoms with E-state index in [1.165, 1.54) is 0 Å². The molecule has 20 heavy (non-hydrogen) atoms. The number of methoxy groups -OCH3 is 1. The van der Waals surface area contributed by atoms with Gasteiger partial charge < -0.3 is 9.84 Å². The molecule has 106 valence electrons. The normalized spacial score (nSPS) is 12.3. The van der Waals surface area contributed by atoms with Gasteiger partial charge in [-0.15, -0.1) is 0 Å². The highest BCUT2D eigenvalue weighted by Gasteiger charge is 2.19. The van der Waals surface area contributed by atoms with Gasteiger partial charge in [0.1, 0.15) is 17.7 Å². The molecule has 0 amide bonds. The van der Waals surface area contributed by atoms with E-state index in [2.05, 4.69) is 15.9 Å². The van der Waals surface area contributed by atoms with Gasteiger partial charge in [-0.05, 0) is 64.7 Å². The molecule has 0 saturated carbocycles. The van der Waals surface area contributed by atoms with Gasteiger partial charge in [-0.1, -0.05) is 12.1 Å². The Morgan fingerprint density at radius 1 is 1.15 bits per heavy atom. The molecule has 0 radical (unpaired) electrons. The minimum Gasteiger partial charge on any atom is -0.496 e. The molecule has 2 aromatic rings. The fourth-order valence-corrected chi connectivity index (χ4v) is 2.61. The van der Waals surface area contributed by atoms with Crippen molar-refractivity contribution in [2.24, 2.45) is 0 Å². The number of rotatable bonds is 3. The van der Waals surface area contributed by atoms with Gasteiger partial charge in [0, 0.05) is 5.56 Å². The van der Waals surface area contributed by atoms with Crippen LogP contribution in [0.2, 0.25) is 0 Å². The standard InChI is InChI=1S/C16H16BrFO2/c1-9-8-14(20-3)10(2)7-12(9)16(19)11-5-4-6-13(17)15(11)18/h4-8,16,19H,1-3H3. The van der Waals surface area contributed by atoms with Crippen LogP contribution < -0.4 is 4.74 Å². The molecule has 1 N–H and O–H groups in total. The Kier molecular flexibility index (Phi) is 4.45. The molecule has 0 saturated heterocycles. The molecule has 1 atom stereocenters. The molecule has 1 unspecified atom stereocenters. The van der Waals surface area contributed by atoms with Crippen molar-refractivity contribution in [3.05, 3.63) is 62.9 Å². The Balaban J connectivity index is 2.51. The van der Waals surface area contributed by atoms with Gasteiger partial charge in [-0.25, -0.2) is 4.39 Å². The monoisotopic (exact) mass is 338 g/mol. The summed E-state index contributed by atoms with van der Waals surface area (Å²) in [4.78, 5) is 0. The number of aliphatic hydroxyl groups is 1. The van der Waals surface area contributed by atoms with Gasteiger partial charge in [0.25, 0.3) is 0 Å². The van der Waals surface area contributed by atoms with E-state index >= 15 is 0 Å². The molecular weight excluding hydrogens is 323 g/mol. The third-order valence-corrected chi connectivity index (χ3v) is 3.97. The number of ether oxygens (including phenoxy) is 1. The Bertz CT molecular complexity index is 641. The summed E-state index contributed by atoms with van der Waals surface area (Å²) in [6, 6.07) is 8.59. The first kappa shape index (κ1) is 15.0. The largest absolute Gasteiger partial charge is 0.496 e. The SMILES string of the molecule is COc1cc(C)c(C(O)c2cccc(Br)c2F)cc1C. The van der Waals surface area contributed by atoms with Crippen molar-refractivity contribution in [1.82, 2.24) is 0 Å². The maximum absolute atomic E-state index is 14.1. The molecule has 4 heteroatoms. The molecule has 2 nitrogen and oxygen atoms in total. The molecule has 0 spiro atoms. The van der Waals surface area contributed by atoms with Crippen molar-refractivity contribution in [2.45, 2.75) is 20.0 Å². The zero-order valence-electron chi connectivity index (χ0n) is 11.6. The van der Waals surface area contributed by atoms with E-state index in [4.69, 9.17) is 4.74 Å². The summed E-state index contributed by atoms with van der Waals surface area (Å²) in [7, 11) is 1.60. The minimum atomic E-state index is -1.00.